The Morgan fingerprint density at radius 1 is 1.07 bits per heavy atom. The second-order valence-corrected chi connectivity index (χ2v) is 9.08. The van der Waals surface area contributed by atoms with Crippen molar-refractivity contribution in [3.8, 4) is 11.1 Å². The average molecular weight is 411 g/mol. The summed E-state index contributed by atoms with van der Waals surface area (Å²) in [7, 11) is -1.86. The summed E-state index contributed by atoms with van der Waals surface area (Å²) in [5.74, 6) is 0. The molecule has 1 N–H and O–H groups in total. The van der Waals surface area contributed by atoms with Crippen LogP contribution in [0.5, 0.6) is 0 Å². The van der Waals surface area contributed by atoms with Gasteiger partial charge in [0.2, 0.25) is 0 Å². The van der Waals surface area contributed by atoms with Crippen LogP contribution in [0.2, 0.25) is 0 Å². The van der Waals surface area contributed by atoms with Crippen molar-refractivity contribution in [2.24, 2.45) is 7.05 Å². The van der Waals surface area contributed by atoms with Crippen molar-refractivity contribution in [2.75, 3.05) is 22.7 Å². The van der Waals surface area contributed by atoms with Crippen LogP contribution in [0.25, 0.3) is 11.1 Å². The zero-order valence-corrected chi connectivity index (χ0v) is 17.8. The molecule has 0 spiro atoms. The van der Waals surface area contributed by atoms with E-state index in [0.29, 0.717) is 24.4 Å². The maximum Gasteiger partial charge on any atom is 0.264 e. The molecule has 0 fully saturated rings. The number of hydrogen-bond donors (Lipinski definition) is 1. The number of rotatable bonds is 5. The Morgan fingerprint density at radius 3 is 2.55 bits per heavy atom. The molecule has 0 atom stereocenters. The summed E-state index contributed by atoms with van der Waals surface area (Å²) in [5.41, 5.74) is 5.26. The number of nitrogens with one attached hydrogen (secondary N) is 1. The van der Waals surface area contributed by atoms with Crippen molar-refractivity contribution in [2.45, 2.75) is 31.6 Å². The van der Waals surface area contributed by atoms with Gasteiger partial charge in [0.1, 0.15) is 0 Å². The van der Waals surface area contributed by atoms with E-state index in [-0.39, 0.29) is 0 Å². The van der Waals surface area contributed by atoms with Crippen LogP contribution in [0.15, 0.2) is 53.7 Å². The van der Waals surface area contributed by atoms with E-state index in [1.807, 2.05) is 50.5 Å². The van der Waals surface area contributed by atoms with Crippen molar-refractivity contribution in [3.63, 3.8) is 0 Å². The first kappa shape index (κ1) is 19.5. The highest BCUT2D eigenvalue weighted by Crippen LogP contribution is 2.38. The minimum atomic E-state index is -3.71. The molecular formula is C22H26N4O2S. The smallest absolute Gasteiger partial charge is 0.264 e. The van der Waals surface area contributed by atoms with Crippen molar-refractivity contribution in [3.05, 3.63) is 59.9 Å². The van der Waals surface area contributed by atoms with Crippen molar-refractivity contribution in [1.82, 2.24) is 9.78 Å². The molecule has 0 unspecified atom stereocenters. The molecule has 3 aromatic rings. The highest BCUT2D eigenvalue weighted by Gasteiger charge is 2.32. The van der Waals surface area contributed by atoms with Crippen LogP contribution in [-0.4, -0.2) is 31.3 Å². The van der Waals surface area contributed by atoms with E-state index >= 15 is 0 Å². The Balaban J connectivity index is 1.87. The van der Waals surface area contributed by atoms with E-state index < -0.39 is 10.0 Å². The average Bonchev–Trinajstić information content (AvgIpc) is 3.18. The molecule has 2 aromatic carbocycles. The number of anilines is 2. The van der Waals surface area contributed by atoms with Crippen LogP contribution >= 0.6 is 0 Å². The second kappa shape index (κ2) is 7.55. The third-order valence-corrected chi connectivity index (χ3v) is 7.32. The minimum absolute atomic E-state index is 0.375. The number of nitrogens with zero attached hydrogens (tertiary/aromatic N) is 3. The summed E-state index contributed by atoms with van der Waals surface area (Å²) in [6, 6.07) is 11.6. The molecule has 1 aliphatic rings. The van der Waals surface area contributed by atoms with Crippen molar-refractivity contribution in [1.29, 1.82) is 0 Å². The van der Waals surface area contributed by atoms with Gasteiger partial charge in [-0.25, -0.2) is 8.42 Å². The lowest BCUT2D eigenvalue weighted by molar-refractivity contribution is 0.589. The van der Waals surface area contributed by atoms with Crippen LogP contribution in [0, 0.1) is 0 Å². The third-order valence-electron chi connectivity index (χ3n) is 5.43. The molecule has 0 saturated heterocycles. The van der Waals surface area contributed by atoms with E-state index in [2.05, 4.69) is 17.3 Å². The molecule has 152 valence electrons. The number of hydrogen-bond acceptors (Lipinski definition) is 4. The quantitative estimate of drug-likeness (QED) is 0.694. The number of benzene rings is 2. The normalized spacial score (nSPS) is 13.8. The summed E-state index contributed by atoms with van der Waals surface area (Å²) < 4.78 is 31.0. The first-order chi connectivity index (χ1) is 14.0. The standard InChI is InChI=1S/C22H26N4O2S/c1-4-16-9-10-18(19-14-24-25(3)15-19)13-21(16)29(27,28)26-12-11-23-20-8-6-7-17(5-2)22(20)26/h6-10,13-15,23H,4-5,11-12H2,1-3H3. The lowest BCUT2D eigenvalue weighted by Crippen LogP contribution is -2.39. The van der Waals surface area contributed by atoms with Gasteiger partial charge in [0.15, 0.2) is 0 Å². The summed E-state index contributed by atoms with van der Waals surface area (Å²) in [4.78, 5) is 0.375. The van der Waals surface area contributed by atoms with Gasteiger partial charge in [-0.05, 0) is 41.7 Å². The highest BCUT2D eigenvalue weighted by atomic mass is 32.2. The van der Waals surface area contributed by atoms with E-state index in [1.165, 1.54) is 0 Å². The molecule has 6 nitrogen and oxygen atoms in total. The topological polar surface area (TPSA) is 67.2 Å². The van der Waals surface area contributed by atoms with Gasteiger partial charge in [-0.15, -0.1) is 0 Å². The second-order valence-electron chi connectivity index (χ2n) is 7.25. The molecule has 1 aromatic heterocycles. The van der Waals surface area contributed by atoms with Crippen LogP contribution in [0.4, 0.5) is 11.4 Å². The number of sulfonamides is 1. The van der Waals surface area contributed by atoms with E-state index in [4.69, 9.17) is 0 Å². The fourth-order valence-corrected chi connectivity index (χ4v) is 5.76. The van der Waals surface area contributed by atoms with Crippen LogP contribution in [0.1, 0.15) is 25.0 Å². The fraction of sp³-hybridized carbons (Fsp3) is 0.318. The van der Waals surface area contributed by atoms with Crippen LogP contribution in [0.3, 0.4) is 0 Å². The molecule has 0 bridgehead atoms. The molecule has 0 radical (unpaired) electrons. The first-order valence-electron chi connectivity index (χ1n) is 9.96. The van der Waals surface area contributed by atoms with Crippen molar-refractivity contribution >= 4 is 21.4 Å². The fourth-order valence-electron chi connectivity index (χ4n) is 3.91. The predicted molar refractivity (Wildman–Crippen MR) is 117 cm³/mol. The molecule has 29 heavy (non-hydrogen) atoms. The monoisotopic (exact) mass is 410 g/mol. The number of aryl methyl sites for hydroxylation is 3. The number of aromatic nitrogens is 2. The van der Waals surface area contributed by atoms with E-state index in [9.17, 15) is 8.42 Å². The summed E-state index contributed by atoms with van der Waals surface area (Å²) >= 11 is 0. The van der Waals surface area contributed by atoms with Gasteiger partial charge < -0.3 is 5.32 Å². The largest absolute Gasteiger partial charge is 0.382 e. The van der Waals surface area contributed by atoms with Gasteiger partial charge in [-0.2, -0.15) is 5.10 Å². The zero-order valence-electron chi connectivity index (χ0n) is 17.0. The number of fused-ring (bicyclic) bond motifs is 1. The zero-order chi connectivity index (χ0) is 20.6. The molecule has 4 rings (SSSR count). The Kier molecular flexibility index (Phi) is 5.08. The van der Waals surface area contributed by atoms with E-state index in [1.54, 1.807) is 21.3 Å². The number of para-hydroxylation sites is 1. The van der Waals surface area contributed by atoms with Gasteiger partial charge in [-0.1, -0.05) is 38.1 Å². The Hall–Kier alpha value is -2.80. The van der Waals surface area contributed by atoms with Gasteiger partial charge in [0.05, 0.1) is 29.0 Å². The maximum absolute atomic E-state index is 13.9. The summed E-state index contributed by atoms with van der Waals surface area (Å²) in [5, 5.41) is 7.56. The molecule has 2 heterocycles. The highest BCUT2D eigenvalue weighted by molar-refractivity contribution is 7.93. The lowest BCUT2D eigenvalue weighted by Gasteiger charge is -2.33. The third kappa shape index (κ3) is 3.40. The van der Waals surface area contributed by atoms with Crippen molar-refractivity contribution < 1.29 is 8.42 Å². The lowest BCUT2D eigenvalue weighted by atomic mass is 10.1. The molecule has 0 amide bonds. The van der Waals surface area contributed by atoms with Gasteiger partial charge >= 0.3 is 0 Å². The molecule has 7 heteroatoms. The Morgan fingerprint density at radius 2 is 1.86 bits per heavy atom. The maximum atomic E-state index is 13.9. The van der Waals surface area contributed by atoms with Crippen LogP contribution < -0.4 is 9.62 Å². The van der Waals surface area contributed by atoms with Crippen LogP contribution in [-0.2, 0) is 29.9 Å². The SMILES string of the molecule is CCc1ccc(-c2cnn(C)c2)cc1S(=O)(=O)N1CCNc2cccc(CC)c21. The Bertz CT molecular complexity index is 1140. The molecule has 1 aliphatic heterocycles. The minimum Gasteiger partial charge on any atom is -0.382 e. The van der Waals surface area contributed by atoms with Gasteiger partial charge in [0, 0.05) is 25.4 Å². The molecule has 0 aliphatic carbocycles. The molecule has 0 saturated carbocycles. The molecular weight excluding hydrogens is 384 g/mol. The van der Waals surface area contributed by atoms with Gasteiger partial charge in [-0.3, -0.25) is 8.99 Å². The summed E-state index contributed by atoms with van der Waals surface area (Å²) in [6.45, 7) is 5.03. The van der Waals surface area contributed by atoms with Gasteiger partial charge in [0.25, 0.3) is 10.0 Å². The van der Waals surface area contributed by atoms with E-state index in [0.717, 1.165) is 40.0 Å². The first-order valence-corrected chi connectivity index (χ1v) is 11.4. The Labute approximate surface area is 172 Å². The predicted octanol–water partition coefficient (Wildman–Crippen LogP) is 3.83. The summed E-state index contributed by atoms with van der Waals surface area (Å²) in [6.07, 6.45) is 5.07.